The first-order valence-electron chi connectivity index (χ1n) is 6.59. The Morgan fingerprint density at radius 2 is 1.82 bits per heavy atom. The Kier molecular flexibility index (Phi) is 6.01. The zero-order valence-electron chi connectivity index (χ0n) is 11.2. The third-order valence-corrected chi connectivity index (χ3v) is 3.64. The van der Waals surface area contributed by atoms with E-state index in [1.807, 2.05) is 13.1 Å². The average molecular weight is 254 g/mol. The molecule has 0 radical (unpaired) electrons. The Hall–Kier alpha value is -0.530. The van der Waals surface area contributed by atoms with Gasteiger partial charge in [-0.3, -0.25) is 0 Å². The molecule has 0 aliphatic rings. The van der Waals surface area contributed by atoms with Crippen molar-refractivity contribution in [2.45, 2.75) is 44.9 Å². The van der Waals surface area contributed by atoms with Crippen LogP contribution in [-0.4, -0.2) is 13.6 Å². The van der Waals surface area contributed by atoms with Crippen molar-refractivity contribution in [1.29, 1.82) is 0 Å². The van der Waals surface area contributed by atoms with Crippen LogP contribution in [0, 0.1) is 0 Å². The number of likely N-dealkylation sites (N-methyl/N-ethyl adjacent to an activating group) is 1. The molecule has 0 aliphatic heterocycles. The molecule has 0 aliphatic carbocycles. The minimum Gasteiger partial charge on any atom is -0.319 e. The SMILES string of the molecule is CCCC(CCC)(CNC)c1cccc(Cl)c1. The van der Waals surface area contributed by atoms with Crippen LogP contribution >= 0.6 is 11.6 Å². The van der Waals surface area contributed by atoms with Crippen LogP contribution in [0.4, 0.5) is 0 Å². The molecule has 0 aromatic heterocycles. The second-order valence-corrected chi connectivity index (χ2v) is 5.26. The molecule has 0 heterocycles. The van der Waals surface area contributed by atoms with Crippen molar-refractivity contribution in [3.63, 3.8) is 0 Å². The second-order valence-electron chi connectivity index (χ2n) is 4.82. The van der Waals surface area contributed by atoms with Crippen LogP contribution < -0.4 is 5.32 Å². The first-order chi connectivity index (χ1) is 8.18. The molecule has 1 nitrogen and oxygen atoms in total. The molecule has 0 unspecified atom stereocenters. The Bertz CT molecular complexity index is 318. The summed E-state index contributed by atoms with van der Waals surface area (Å²) >= 11 is 6.13. The van der Waals surface area contributed by atoms with E-state index >= 15 is 0 Å². The van der Waals surface area contributed by atoms with Gasteiger partial charge in [0.05, 0.1) is 0 Å². The summed E-state index contributed by atoms with van der Waals surface area (Å²) in [6, 6.07) is 8.36. The maximum atomic E-state index is 6.13. The van der Waals surface area contributed by atoms with Crippen molar-refractivity contribution >= 4 is 11.6 Å². The van der Waals surface area contributed by atoms with Crippen molar-refractivity contribution < 1.29 is 0 Å². The third-order valence-electron chi connectivity index (χ3n) is 3.41. The van der Waals surface area contributed by atoms with Gasteiger partial charge in [0.1, 0.15) is 0 Å². The largest absolute Gasteiger partial charge is 0.319 e. The van der Waals surface area contributed by atoms with E-state index in [0.29, 0.717) is 0 Å². The molecular weight excluding hydrogens is 230 g/mol. The van der Waals surface area contributed by atoms with E-state index in [-0.39, 0.29) is 5.41 Å². The van der Waals surface area contributed by atoms with Gasteiger partial charge >= 0.3 is 0 Å². The lowest BCUT2D eigenvalue weighted by molar-refractivity contribution is 0.344. The van der Waals surface area contributed by atoms with E-state index in [1.165, 1.54) is 31.2 Å². The van der Waals surface area contributed by atoms with E-state index in [0.717, 1.165) is 11.6 Å². The van der Waals surface area contributed by atoms with Gasteiger partial charge in [-0.2, -0.15) is 0 Å². The molecule has 0 saturated heterocycles. The fraction of sp³-hybridized carbons (Fsp3) is 0.600. The predicted molar refractivity (Wildman–Crippen MR) is 76.9 cm³/mol. The van der Waals surface area contributed by atoms with Crippen molar-refractivity contribution in [3.8, 4) is 0 Å². The normalized spacial score (nSPS) is 11.8. The molecule has 0 saturated carbocycles. The molecule has 0 amide bonds. The molecule has 96 valence electrons. The summed E-state index contributed by atoms with van der Waals surface area (Å²) in [6.45, 7) is 5.53. The van der Waals surface area contributed by atoms with E-state index in [1.54, 1.807) is 0 Å². The van der Waals surface area contributed by atoms with Gasteiger partial charge < -0.3 is 5.32 Å². The summed E-state index contributed by atoms with van der Waals surface area (Å²) in [4.78, 5) is 0. The smallest absolute Gasteiger partial charge is 0.0408 e. The fourth-order valence-electron chi connectivity index (χ4n) is 2.81. The van der Waals surface area contributed by atoms with E-state index < -0.39 is 0 Å². The van der Waals surface area contributed by atoms with Crippen molar-refractivity contribution in [2.24, 2.45) is 0 Å². The monoisotopic (exact) mass is 253 g/mol. The van der Waals surface area contributed by atoms with Crippen molar-refractivity contribution in [1.82, 2.24) is 5.32 Å². The van der Waals surface area contributed by atoms with Crippen LogP contribution in [0.5, 0.6) is 0 Å². The van der Waals surface area contributed by atoms with Crippen LogP contribution in [0.15, 0.2) is 24.3 Å². The van der Waals surface area contributed by atoms with Gasteiger partial charge in [-0.15, -0.1) is 0 Å². The molecule has 0 fully saturated rings. The van der Waals surface area contributed by atoms with Gasteiger partial charge in [0.2, 0.25) is 0 Å². The third kappa shape index (κ3) is 3.72. The first kappa shape index (κ1) is 14.5. The highest BCUT2D eigenvalue weighted by molar-refractivity contribution is 6.30. The summed E-state index contributed by atoms with van der Waals surface area (Å²) in [5.41, 5.74) is 1.62. The lowest BCUT2D eigenvalue weighted by Crippen LogP contribution is -2.36. The van der Waals surface area contributed by atoms with Crippen LogP contribution in [0.3, 0.4) is 0 Å². The molecule has 1 aromatic rings. The van der Waals surface area contributed by atoms with E-state index in [9.17, 15) is 0 Å². The highest BCUT2D eigenvalue weighted by Gasteiger charge is 2.29. The molecule has 1 aromatic carbocycles. The molecule has 0 bridgehead atoms. The van der Waals surface area contributed by atoms with Gasteiger partial charge in [0, 0.05) is 17.0 Å². The molecular formula is C15H24ClN. The minimum absolute atomic E-state index is 0.239. The topological polar surface area (TPSA) is 12.0 Å². The Labute approximate surface area is 111 Å². The van der Waals surface area contributed by atoms with Crippen LogP contribution in [0.1, 0.15) is 45.1 Å². The number of hydrogen-bond donors (Lipinski definition) is 1. The maximum Gasteiger partial charge on any atom is 0.0408 e. The summed E-state index contributed by atoms with van der Waals surface area (Å²) in [7, 11) is 2.03. The van der Waals surface area contributed by atoms with Gasteiger partial charge in [0.15, 0.2) is 0 Å². The number of benzene rings is 1. The maximum absolute atomic E-state index is 6.13. The zero-order chi connectivity index (χ0) is 12.7. The minimum atomic E-state index is 0.239. The molecule has 0 spiro atoms. The van der Waals surface area contributed by atoms with Gasteiger partial charge in [-0.1, -0.05) is 50.4 Å². The highest BCUT2D eigenvalue weighted by Crippen LogP contribution is 2.35. The number of halogens is 1. The zero-order valence-corrected chi connectivity index (χ0v) is 12.0. The molecule has 1 N–H and O–H groups in total. The fourth-order valence-corrected chi connectivity index (χ4v) is 3.00. The molecule has 2 heteroatoms. The summed E-state index contributed by atoms with van der Waals surface area (Å²) in [5, 5.41) is 4.20. The molecule has 0 atom stereocenters. The summed E-state index contributed by atoms with van der Waals surface area (Å²) < 4.78 is 0. The lowest BCUT2D eigenvalue weighted by Gasteiger charge is -2.34. The standard InChI is InChI=1S/C15H24ClN/c1-4-9-15(10-5-2,12-17-3)13-7-6-8-14(16)11-13/h6-8,11,17H,4-5,9-10,12H2,1-3H3. The first-order valence-corrected chi connectivity index (χ1v) is 6.97. The van der Waals surface area contributed by atoms with Crippen molar-refractivity contribution in [2.75, 3.05) is 13.6 Å². The summed E-state index contributed by atoms with van der Waals surface area (Å²) in [5.74, 6) is 0. The number of rotatable bonds is 7. The van der Waals surface area contributed by atoms with Gasteiger partial charge in [-0.25, -0.2) is 0 Å². The van der Waals surface area contributed by atoms with E-state index in [4.69, 9.17) is 11.6 Å². The number of nitrogens with one attached hydrogen (secondary N) is 1. The average Bonchev–Trinajstić information content (AvgIpc) is 2.30. The lowest BCUT2D eigenvalue weighted by atomic mass is 9.73. The van der Waals surface area contributed by atoms with Crippen LogP contribution in [0.2, 0.25) is 5.02 Å². The summed E-state index contributed by atoms with van der Waals surface area (Å²) in [6.07, 6.45) is 4.83. The Balaban J connectivity index is 3.09. The van der Waals surface area contributed by atoms with Crippen molar-refractivity contribution in [3.05, 3.63) is 34.9 Å². The Morgan fingerprint density at radius 3 is 2.29 bits per heavy atom. The second kappa shape index (κ2) is 7.03. The molecule has 17 heavy (non-hydrogen) atoms. The Morgan fingerprint density at radius 1 is 1.18 bits per heavy atom. The quantitative estimate of drug-likeness (QED) is 0.760. The van der Waals surface area contributed by atoms with Crippen LogP contribution in [-0.2, 0) is 5.41 Å². The van der Waals surface area contributed by atoms with Crippen LogP contribution in [0.25, 0.3) is 0 Å². The predicted octanol–water partition coefficient (Wildman–Crippen LogP) is 4.40. The number of hydrogen-bond acceptors (Lipinski definition) is 1. The van der Waals surface area contributed by atoms with Gasteiger partial charge in [0.25, 0.3) is 0 Å². The van der Waals surface area contributed by atoms with Gasteiger partial charge in [-0.05, 0) is 37.6 Å². The van der Waals surface area contributed by atoms with E-state index in [2.05, 4.69) is 37.4 Å². The highest BCUT2D eigenvalue weighted by atomic mass is 35.5. The molecule has 1 rings (SSSR count).